The highest BCUT2D eigenvalue weighted by molar-refractivity contribution is 8.00. The van der Waals surface area contributed by atoms with Crippen molar-refractivity contribution in [1.82, 2.24) is 15.2 Å². The van der Waals surface area contributed by atoms with Crippen molar-refractivity contribution in [2.75, 3.05) is 29.9 Å². The second-order valence-corrected chi connectivity index (χ2v) is 9.59. The van der Waals surface area contributed by atoms with Gasteiger partial charge in [-0.25, -0.2) is 12.8 Å². The number of amides is 3. The first-order valence-corrected chi connectivity index (χ1v) is 12.6. The van der Waals surface area contributed by atoms with Crippen LogP contribution in [0.15, 0.2) is 53.4 Å². The topological polar surface area (TPSA) is 125 Å². The molecule has 0 spiro atoms. The lowest BCUT2D eigenvalue weighted by Gasteiger charge is -2.18. The van der Waals surface area contributed by atoms with E-state index in [-0.39, 0.29) is 27.9 Å². The lowest BCUT2D eigenvalue weighted by Crippen LogP contribution is -2.42. The number of halogens is 1. The fourth-order valence-electron chi connectivity index (χ4n) is 2.71. The van der Waals surface area contributed by atoms with Crippen LogP contribution in [0.25, 0.3) is 0 Å². The van der Waals surface area contributed by atoms with E-state index in [1.54, 1.807) is 13.8 Å². The maximum Gasteiger partial charge on any atom is 0.269 e. The summed E-state index contributed by atoms with van der Waals surface area (Å²) < 4.78 is 39.4. The van der Waals surface area contributed by atoms with Crippen LogP contribution in [0.1, 0.15) is 24.2 Å². The van der Waals surface area contributed by atoms with E-state index >= 15 is 0 Å². The summed E-state index contributed by atoms with van der Waals surface area (Å²) in [5.41, 5.74) is 4.94. The number of anilines is 1. The fourth-order valence-corrected chi connectivity index (χ4v) is 4.83. The Bertz CT molecular complexity index is 1090. The highest BCUT2D eigenvalue weighted by atomic mass is 32.2. The van der Waals surface area contributed by atoms with E-state index in [4.69, 9.17) is 0 Å². The van der Waals surface area contributed by atoms with Crippen molar-refractivity contribution in [3.05, 3.63) is 59.9 Å². The molecule has 0 fully saturated rings. The lowest BCUT2D eigenvalue weighted by atomic mass is 10.2. The van der Waals surface area contributed by atoms with E-state index < -0.39 is 27.7 Å². The Hall–Kier alpha value is -2.96. The molecule has 178 valence electrons. The van der Waals surface area contributed by atoms with Gasteiger partial charge in [-0.15, -0.1) is 11.8 Å². The SMILES string of the molecule is CCN(CC)S(=O)(=O)c1cccc(C(=O)NNC(=O)CSCC(=O)Nc2ccc(F)cc2)c1. The van der Waals surface area contributed by atoms with Gasteiger partial charge in [-0.05, 0) is 42.5 Å². The number of hydrogen-bond donors (Lipinski definition) is 3. The molecule has 0 aliphatic rings. The van der Waals surface area contributed by atoms with Gasteiger partial charge in [0.25, 0.3) is 5.91 Å². The van der Waals surface area contributed by atoms with Gasteiger partial charge in [-0.3, -0.25) is 25.2 Å². The zero-order valence-electron chi connectivity index (χ0n) is 18.1. The second kappa shape index (κ2) is 12.3. The minimum atomic E-state index is -3.73. The number of nitrogens with zero attached hydrogens (tertiary/aromatic N) is 1. The molecule has 0 bridgehead atoms. The Kier molecular flexibility index (Phi) is 9.82. The molecular weight excluding hydrogens is 471 g/mol. The van der Waals surface area contributed by atoms with Gasteiger partial charge in [0.05, 0.1) is 16.4 Å². The lowest BCUT2D eigenvalue weighted by molar-refractivity contribution is -0.119. The molecule has 0 radical (unpaired) electrons. The van der Waals surface area contributed by atoms with Crippen molar-refractivity contribution in [2.24, 2.45) is 0 Å². The number of nitrogens with one attached hydrogen (secondary N) is 3. The van der Waals surface area contributed by atoms with Crippen molar-refractivity contribution in [3.8, 4) is 0 Å². The van der Waals surface area contributed by atoms with E-state index in [0.717, 1.165) is 11.8 Å². The smallest absolute Gasteiger partial charge is 0.269 e. The van der Waals surface area contributed by atoms with Crippen LogP contribution in [-0.4, -0.2) is 55.0 Å². The molecule has 0 aliphatic carbocycles. The Labute approximate surface area is 196 Å². The number of carbonyl (C=O) groups excluding carboxylic acids is 3. The maximum atomic E-state index is 12.9. The minimum Gasteiger partial charge on any atom is -0.325 e. The molecule has 0 aromatic heterocycles. The number of thioether (sulfide) groups is 1. The van der Waals surface area contributed by atoms with Crippen LogP contribution in [-0.2, 0) is 19.6 Å². The monoisotopic (exact) mass is 496 g/mol. The van der Waals surface area contributed by atoms with Gasteiger partial charge in [-0.1, -0.05) is 19.9 Å². The predicted octanol–water partition coefficient (Wildman–Crippen LogP) is 1.99. The molecule has 0 aliphatic heterocycles. The molecule has 9 nitrogen and oxygen atoms in total. The third kappa shape index (κ3) is 7.84. The van der Waals surface area contributed by atoms with Gasteiger partial charge in [0.1, 0.15) is 5.82 Å². The Morgan fingerprint density at radius 3 is 2.21 bits per heavy atom. The molecule has 0 saturated carbocycles. The normalized spacial score (nSPS) is 11.2. The second-order valence-electron chi connectivity index (χ2n) is 6.67. The summed E-state index contributed by atoms with van der Waals surface area (Å²) in [5, 5.41) is 2.57. The van der Waals surface area contributed by atoms with E-state index in [9.17, 15) is 27.2 Å². The van der Waals surface area contributed by atoms with Gasteiger partial charge < -0.3 is 5.32 Å². The van der Waals surface area contributed by atoms with E-state index in [2.05, 4.69) is 16.2 Å². The molecule has 3 N–H and O–H groups in total. The molecular formula is C21H25FN4O5S2. The fraction of sp³-hybridized carbons (Fsp3) is 0.286. The molecule has 12 heteroatoms. The summed E-state index contributed by atoms with van der Waals surface area (Å²) in [4.78, 5) is 36.1. The van der Waals surface area contributed by atoms with Crippen molar-refractivity contribution in [3.63, 3.8) is 0 Å². The summed E-state index contributed by atoms with van der Waals surface area (Å²) in [7, 11) is -3.73. The molecule has 0 atom stereocenters. The van der Waals surface area contributed by atoms with Crippen molar-refractivity contribution >= 4 is 45.2 Å². The van der Waals surface area contributed by atoms with Crippen LogP contribution in [0.5, 0.6) is 0 Å². The van der Waals surface area contributed by atoms with Crippen LogP contribution < -0.4 is 16.2 Å². The molecule has 2 rings (SSSR count). The molecule has 2 aromatic rings. The zero-order chi connectivity index (χ0) is 24.4. The average molecular weight is 497 g/mol. The summed E-state index contributed by atoms with van der Waals surface area (Å²) in [6.45, 7) is 4.03. The molecule has 0 saturated heterocycles. The number of hydrazine groups is 1. The maximum absolute atomic E-state index is 12.9. The number of sulfonamides is 1. The van der Waals surface area contributed by atoms with Crippen molar-refractivity contribution < 1.29 is 27.2 Å². The number of carbonyl (C=O) groups is 3. The van der Waals surface area contributed by atoms with Crippen LogP contribution in [0.2, 0.25) is 0 Å². The average Bonchev–Trinajstić information content (AvgIpc) is 2.79. The van der Waals surface area contributed by atoms with E-state index in [1.807, 2.05) is 0 Å². The van der Waals surface area contributed by atoms with Crippen LogP contribution >= 0.6 is 11.8 Å². The zero-order valence-corrected chi connectivity index (χ0v) is 19.8. The first-order valence-electron chi connectivity index (χ1n) is 10.00. The molecule has 0 unspecified atom stereocenters. The summed E-state index contributed by atoms with van der Waals surface area (Å²) in [5.74, 6) is -2.14. The first-order chi connectivity index (χ1) is 15.7. The summed E-state index contributed by atoms with van der Waals surface area (Å²) in [6.07, 6.45) is 0. The third-order valence-corrected chi connectivity index (χ3v) is 7.33. The third-order valence-electron chi connectivity index (χ3n) is 4.35. The number of hydrogen-bond acceptors (Lipinski definition) is 6. The standard InChI is InChI=1S/C21H25FN4O5S2/c1-3-26(4-2)33(30,31)18-7-5-6-15(12-18)21(29)25-24-20(28)14-32-13-19(27)23-17-10-8-16(22)9-11-17/h5-12H,3-4,13-14H2,1-2H3,(H,23,27)(H,24,28)(H,25,29). The van der Waals surface area contributed by atoms with E-state index in [0.29, 0.717) is 18.8 Å². The van der Waals surface area contributed by atoms with E-state index in [1.165, 1.54) is 52.8 Å². The van der Waals surface area contributed by atoms with Crippen LogP contribution in [0.4, 0.5) is 10.1 Å². The number of benzene rings is 2. The first kappa shape index (κ1) is 26.3. The van der Waals surface area contributed by atoms with Gasteiger partial charge in [0, 0.05) is 24.3 Å². The van der Waals surface area contributed by atoms with Crippen molar-refractivity contribution in [1.29, 1.82) is 0 Å². The highest BCUT2D eigenvalue weighted by Crippen LogP contribution is 2.17. The van der Waals surface area contributed by atoms with Gasteiger partial charge in [0.15, 0.2) is 0 Å². The minimum absolute atomic E-state index is 0.0205. The number of rotatable bonds is 10. The van der Waals surface area contributed by atoms with Gasteiger partial charge in [-0.2, -0.15) is 4.31 Å². The Morgan fingerprint density at radius 1 is 0.939 bits per heavy atom. The highest BCUT2D eigenvalue weighted by Gasteiger charge is 2.22. The predicted molar refractivity (Wildman–Crippen MR) is 125 cm³/mol. The van der Waals surface area contributed by atoms with Gasteiger partial charge >= 0.3 is 0 Å². The largest absolute Gasteiger partial charge is 0.325 e. The molecule has 2 aromatic carbocycles. The van der Waals surface area contributed by atoms with Crippen LogP contribution in [0.3, 0.4) is 0 Å². The molecule has 3 amide bonds. The summed E-state index contributed by atoms with van der Waals surface area (Å²) >= 11 is 1.02. The molecule has 0 heterocycles. The molecule has 33 heavy (non-hydrogen) atoms. The Morgan fingerprint density at radius 2 is 1.58 bits per heavy atom. The summed E-state index contributed by atoms with van der Waals surface area (Å²) in [6, 6.07) is 10.8. The quantitative estimate of drug-likeness (QED) is 0.432. The Balaban J connectivity index is 1.81. The van der Waals surface area contributed by atoms with Crippen molar-refractivity contribution in [2.45, 2.75) is 18.7 Å². The van der Waals surface area contributed by atoms with Crippen LogP contribution in [0, 0.1) is 5.82 Å². The van der Waals surface area contributed by atoms with Gasteiger partial charge in [0.2, 0.25) is 21.8 Å².